The Bertz CT molecular complexity index is 298. The maximum Gasteiger partial charge on any atom is 0.115 e. The van der Waals surface area contributed by atoms with Crippen molar-refractivity contribution < 1.29 is 5.11 Å². The number of benzene rings is 1. The Labute approximate surface area is 78.6 Å². The van der Waals surface area contributed by atoms with Gasteiger partial charge in [0.15, 0.2) is 0 Å². The minimum Gasteiger partial charge on any atom is -0.508 e. The van der Waals surface area contributed by atoms with E-state index in [-0.39, 0.29) is 0 Å². The van der Waals surface area contributed by atoms with Crippen molar-refractivity contribution in [1.29, 1.82) is 0 Å². The molecular weight excluding hydrogens is 162 g/mol. The largest absolute Gasteiger partial charge is 0.508 e. The Morgan fingerprint density at radius 1 is 1.46 bits per heavy atom. The third-order valence-corrected chi connectivity index (χ3v) is 2.76. The monoisotopic (exact) mass is 177 g/mol. The molecule has 1 fully saturated rings. The van der Waals surface area contributed by atoms with E-state index in [0.29, 0.717) is 17.7 Å². The highest BCUT2D eigenvalue weighted by Gasteiger charge is 2.23. The van der Waals surface area contributed by atoms with Crippen LogP contribution in [-0.4, -0.2) is 11.7 Å². The summed E-state index contributed by atoms with van der Waals surface area (Å²) in [7, 11) is 0. The molecule has 0 aliphatic carbocycles. The lowest BCUT2D eigenvalue weighted by Crippen LogP contribution is -2.16. The SMILES string of the molecule is C[C@H]1CCN[C@@H]1c1cccc(O)c1. The Kier molecular flexibility index (Phi) is 2.23. The van der Waals surface area contributed by atoms with Gasteiger partial charge >= 0.3 is 0 Å². The number of phenols is 1. The molecule has 1 heterocycles. The first kappa shape index (κ1) is 8.57. The molecule has 2 nitrogen and oxygen atoms in total. The topological polar surface area (TPSA) is 32.3 Å². The molecule has 13 heavy (non-hydrogen) atoms. The van der Waals surface area contributed by atoms with E-state index in [2.05, 4.69) is 18.3 Å². The fourth-order valence-electron chi connectivity index (χ4n) is 2.00. The zero-order valence-corrected chi connectivity index (χ0v) is 7.83. The summed E-state index contributed by atoms with van der Waals surface area (Å²) in [5.74, 6) is 1.03. The normalized spacial score (nSPS) is 27.8. The van der Waals surface area contributed by atoms with Gasteiger partial charge in [-0.05, 0) is 36.6 Å². The highest BCUT2D eigenvalue weighted by Crippen LogP contribution is 2.30. The van der Waals surface area contributed by atoms with E-state index in [1.165, 1.54) is 12.0 Å². The molecule has 2 rings (SSSR count). The van der Waals surface area contributed by atoms with Gasteiger partial charge in [-0.25, -0.2) is 0 Å². The van der Waals surface area contributed by atoms with E-state index in [1.807, 2.05) is 12.1 Å². The predicted molar refractivity (Wildman–Crippen MR) is 52.6 cm³/mol. The molecule has 0 aromatic heterocycles. The van der Waals surface area contributed by atoms with Gasteiger partial charge in [-0.1, -0.05) is 19.1 Å². The number of rotatable bonds is 1. The highest BCUT2D eigenvalue weighted by molar-refractivity contribution is 5.30. The molecule has 1 aromatic carbocycles. The van der Waals surface area contributed by atoms with Crippen molar-refractivity contribution in [3.63, 3.8) is 0 Å². The molecule has 0 radical (unpaired) electrons. The summed E-state index contributed by atoms with van der Waals surface area (Å²) in [5, 5.41) is 12.8. The van der Waals surface area contributed by atoms with Crippen molar-refractivity contribution >= 4 is 0 Å². The first-order valence-corrected chi connectivity index (χ1v) is 4.79. The molecule has 0 unspecified atom stereocenters. The lowest BCUT2D eigenvalue weighted by atomic mass is 9.96. The number of nitrogens with one attached hydrogen (secondary N) is 1. The van der Waals surface area contributed by atoms with Crippen LogP contribution < -0.4 is 5.32 Å². The minimum absolute atomic E-state index is 0.360. The quantitative estimate of drug-likeness (QED) is 0.688. The van der Waals surface area contributed by atoms with Crippen LogP contribution >= 0.6 is 0 Å². The molecule has 1 aliphatic heterocycles. The average Bonchev–Trinajstić information content (AvgIpc) is 2.51. The fourth-order valence-corrected chi connectivity index (χ4v) is 2.00. The average molecular weight is 177 g/mol. The van der Waals surface area contributed by atoms with E-state index < -0.39 is 0 Å². The molecule has 1 aromatic rings. The van der Waals surface area contributed by atoms with E-state index in [0.717, 1.165) is 6.54 Å². The summed E-state index contributed by atoms with van der Waals surface area (Å²) in [4.78, 5) is 0. The van der Waals surface area contributed by atoms with Gasteiger partial charge in [0, 0.05) is 6.04 Å². The van der Waals surface area contributed by atoms with Crippen molar-refractivity contribution in [1.82, 2.24) is 5.32 Å². The molecular formula is C11H15NO. The molecule has 2 atom stereocenters. The first-order valence-electron chi connectivity index (χ1n) is 4.79. The number of hydrogen-bond acceptors (Lipinski definition) is 2. The third kappa shape index (κ3) is 1.68. The van der Waals surface area contributed by atoms with Gasteiger partial charge in [0.25, 0.3) is 0 Å². The Balaban J connectivity index is 2.24. The van der Waals surface area contributed by atoms with E-state index in [1.54, 1.807) is 6.07 Å². The number of hydrogen-bond donors (Lipinski definition) is 2. The van der Waals surface area contributed by atoms with Crippen LogP contribution in [0.3, 0.4) is 0 Å². The van der Waals surface area contributed by atoms with Gasteiger partial charge in [-0.3, -0.25) is 0 Å². The summed E-state index contributed by atoms with van der Waals surface area (Å²) in [6.45, 7) is 3.33. The summed E-state index contributed by atoms with van der Waals surface area (Å²) >= 11 is 0. The van der Waals surface area contributed by atoms with E-state index in [4.69, 9.17) is 0 Å². The van der Waals surface area contributed by atoms with Crippen molar-refractivity contribution in [2.75, 3.05) is 6.54 Å². The van der Waals surface area contributed by atoms with Gasteiger partial charge in [0.05, 0.1) is 0 Å². The smallest absolute Gasteiger partial charge is 0.115 e. The van der Waals surface area contributed by atoms with Crippen molar-refractivity contribution in [2.45, 2.75) is 19.4 Å². The van der Waals surface area contributed by atoms with Crippen molar-refractivity contribution in [3.05, 3.63) is 29.8 Å². The van der Waals surface area contributed by atoms with Crippen molar-refractivity contribution in [3.8, 4) is 5.75 Å². The fraction of sp³-hybridized carbons (Fsp3) is 0.455. The minimum atomic E-state index is 0.360. The van der Waals surface area contributed by atoms with Gasteiger partial charge < -0.3 is 10.4 Å². The van der Waals surface area contributed by atoms with Crippen LogP contribution in [0.15, 0.2) is 24.3 Å². The van der Waals surface area contributed by atoms with Crippen molar-refractivity contribution in [2.24, 2.45) is 5.92 Å². The number of aromatic hydroxyl groups is 1. The Morgan fingerprint density at radius 2 is 2.31 bits per heavy atom. The second-order valence-corrected chi connectivity index (χ2v) is 3.79. The second kappa shape index (κ2) is 3.38. The van der Waals surface area contributed by atoms with Crippen LogP contribution in [0, 0.1) is 5.92 Å². The predicted octanol–water partition coefficient (Wildman–Crippen LogP) is 2.06. The standard InChI is InChI=1S/C11H15NO/c1-8-5-6-12-11(8)9-3-2-4-10(13)7-9/h2-4,7-8,11-13H,5-6H2,1H3/t8-,11-/m0/s1. The third-order valence-electron chi connectivity index (χ3n) is 2.76. The molecule has 0 amide bonds. The molecule has 70 valence electrons. The lowest BCUT2D eigenvalue weighted by Gasteiger charge is -2.15. The molecule has 0 spiro atoms. The Morgan fingerprint density at radius 3 is 2.92 bits per heavy atom. The maximum absolute atomic E-state index is 9.33. The van der Waals surface area contributed by atoms with Gasteiger partial charge in [-0.2, -0.15) is 0 Å². The van der Waals surface area contributed by atoms with Gasteiger partial charge in [0.2, 0.25) is 0 Å². The van der Waals surface area contributed by atoms with Gasteiger partial charge in [-0.15, -0.1) is 0 Å². The lowest BCUT2D eigenvalue weighted by molar-refractivity contribution is 0.466. The second-order valence-electron chi connectivity index (χ2n) is 3.79. The van der Waals surface area contributed by atoms with E-state index >= 15 is 0 Å². The molecule has 2 heteroatoms. The van der Waals surface area contributed by atoms with Crippen LogP contribution in [0.4, 0.5) is 0 Å². The van der Waals surface area contributed by atoms with Gasteiger partial charge in [0.1, 0.15) is 5.75 Å². The molecule has 1 aliphatic rings. The zero-order chi connectivity index (χ0) is 9.26. The molecule has 1 saturated heterocycles. The molecule has 2 N–H and O–H groups in total. The first-order chi connectivity index (χ1) is 6.27. The van der Waals surface area contributed by atoms with Crippen LogP contribution in [0.5, 0.6) is 5.75 Å². The van der Waals surface area contributed by atoms with Crippen LogP contribution in [0.25, 0.3) is 0 Å². The summed E-state index contributed by atoms with van der Waals surface area (Å²) < 4.78 is 0. The summed E-state index contributed by atoms with van der Waals surface area (Å²) in [6.07, 6.45) is 1.22. The summed E-state index contributed by atoms with van der Waals surface area (Å²) in [5.41, 5.74) is 1.20. The molecule has 0 saturated carbocycles. The Hall–Kier alpha value is -1.02. The molecule has 0 bridgehead atoms. The maximum atomic E-state index is 9.33. The number of phenolic OH excluding ortho intramolecular Hbond substituents is 1. The zero-order valence-electron chi connectivity index (χ0n) is 7.83. The van der Waals surface area contributed by atoms with Crippen LogP contribution in [-0.2, 0) is 0 Å². The highest BCUT2D eigenvalue weighted by atomic mass is 16.3. The van der Waals surface area contributed by atoms with Crippen LogP contribution in [0.2, 0.25) is 0 Å². The summed E-state index contributed by atoms with van der Waals surface area (Å²) in [6, 6.07) is 7.95. The van der Waals surface area contributed by atoms with E-state index in [9.17, 15) is 5.11 Å². The van der Waals surface area contributed by atoms with Crippen LogP contribution in [0.1, 0.15) is 24.9 Å².